The molecule has 1 N–H and O–H groups in total. The molecule has 0 bridgehead atoms. The molecule has 35 heavy (non-hydrogen) atoms. The highest BCUT2D eigenvalue weighted by Crippen LogP contribution is 2.25. The summed E-state index contributed by atoms with van der Waals surface area (Å²) < 4.78 is 63.3. The van der Waals surface area contributed by atoms with Crippen molar-refractivity contribution in [2.45, 2.75) is 30.7 Å². The Balaban J connectivity index is 1.55. The molecule has 0 saturated carbocycles. The number of carbonyl (C=O) groups excluding carboxylic acids is 1. The molecule has 12 heteroatoms. The largest absolute Gasteiger partial charge is 0.497 e. The van der Waals surface area contributed by atoms with E-state index in [1.807, 2.05) is 0 Å². The summed E-state index contributed by atoms with van der Waals surface area (Å²) in [4.78, 5) is 12.9. The Morgan fingerprint density at radius 1 is 1.06 bits per heavy atom. The fourth-order valence-electron chi connectivity index (χ4n) is 3.83. The number of carbonyl (C=O) groups is 1. The lowest BCUT2D eigenvalue weighted by atomic mass is 10.2. The van der Waals surface area contributed by atoms with Gasteiger partial charge in [0.15, 0.2) is 0 Å². The van der Waals surface area contributed by atoms with Crippen LogP contribution >= 0.6 is 0 Å². The van der Waals surface area contributed by atoms with Crippen LogP contribution in [0.2, 0.25) is 0 Å². The molecule has 3 rings (SSSR count). The van der Waals surface area contributed by atoms with E-state index < -0.39 is 32.0 Å². The fraction of sp³-hybridized carbons (Fsp3) is 0.435. The lowest BCUT2D eigenvalue weighted by Crippen LogP contribution is -2.48. The summed E-state index contributed by atoms with van der Waals surface area (Å²) in [6.07, 6.45) is 2.77. The van der Waals surface area contributed by atoms with Gasteiger partial charge in [-0.15, -0.1) is 0 Å². The molecule has 10 nitrogen and oxygen atoms in total. The van der Waals surface area contributed by atoms with Gasteiger partial charge in [-0.25, -0.2) is 16.8 Å². The molecule has 1 aliphatic heterocycles. The van der Waals surface area contributed by atoms with Gasteiger partial charge in [-0.05, 0) is 56.2 Å². The molecule has 1 saturated heterocycles. The second-order valence-electron chi connectivity index (χ2n) is 8.16. The van der Waals surface area contributed by atoms with Crippen LogP contribution < -0.4 is 19.1 Å². The molecule has 1 amide bonds. The van der Waals surface area contributed by atoms with Crippen LogP contribution in [0.5, 0.6) is 11.5 Å². The molecule has 1 heterocycles. The molecule has 0 radical (unpaired) electrons. The van der Waals surface area contributed by atoms with Crippen LogP contribution in [0.1, 0.15) is 19.8 Å². The topological polar surface area (TPSA) is 122 Å². The number of nitrogens with one attached hydrogen (secondary N) is 1. The molecule has 1 unspecified atom stereocenters. The van der Waals surface area contributed by atoms with Gasteiger partial charge in [0.1, 0.15) is 24.1 Å². The number of anilines is 1. The molecule has 1 fully saturated rings. The van der Waals surface area contributed by atoms with Gasteiger partial charge in [-0.2, -0.15) is 4.31 Å². The summed E-state index contributed by atoms with van der Waals surface area (Å²) in [5, 5.41) is 2.67. The number of hydrogen-bond donors (Lipinski definition) is 1. The smallest absolute Gasteiger partial charge is 0.243 e. The van der Waals surface area contributed by atoms with Crippen molar-refractivity contribution < 1.29 is 31.1 Å². The number of nitrogens with zero attached hydrogens (tertiary/aromatic N) is 2. The van der Waals surface area contributed by atoms with Gasteiger partial charge in [0.25, 0.3) is 0 Å². The number of benzene rings is 2. The molecule has 1 aliphatic rings. The molecular formula is C23H31N3O7S2. The van der Waals surface area contributed by atoms with Crippen molar-refractivity contribution in [1.82, 2.24) is 9.62 Å². The summed E-state index contributed by atoms with van der Waals surface area (Å²) >= 11 is 0. The Bertz CT molecular complexity index is 1230. The first-order valence-electron chi connectivity index (χ1n) is 11.2. The monoisotopic (exact) mass is 525 g/mol. The van der Waals surface area contributed by atoms with E-state index in [1.165, 1.54) is 30.5 Å². The lowest BCUT2D eigenvalue weighted by molar-refractivity contribution is -0.121. The average Bonchev–Trinajstić information content (AvgIpc) is 3.37. The zero-order valence-corrected chi connectivity index (χ0v) is 21.6. The van der Waals surface area contributed by atoms with Crippen molar-refractivity contribution in [3.8, 4) is 11.5 Å². The lowest BCUT2D eigenvalue weighted by Gasteiger charge is -2.28. The minimum atomic E-state index is -3.75. The summed E-state index contributed by atoms with van der Waals surface area (Å²) in [6.45, 7) is 2.82. The Kier molecular flexibility index (Phi) is 8.62. The van der Waals surface area contributed by atoms with Crippen molar-refractivity contribution in [3.63, 3.8) is 0 Å². The third-order valence-corrected chi connectivity index (χ3v) is 8.75. The van der Waals surface area contributed by atoms with Gasteiger partial charge in [0.05, 0.1) is 30.5 Å². The van der Waals surface area contributed by atoms with E-state index in [1.54, 1.807) is 36.4 Å². The van der Waals surface area contributed by atoms with Crippen LogP contribution in [0, 0.1) is 0 Å². The minimum Gasteiger partial charge on any atom is -0.497 e. The highest BCUT2D eigenvalue weighted by molar-refractivity contribution is 7.92. The maximum Gasteiger partial charge on any atom is 0.243 e. The molecule has 1 atom stereocenters. The van der Waals surface area contributed by atoms with Crippen LogP contribution in [0.25, 0.3) is 0 Å². The maximum absolute atomic E-state index is 12.7. The first kappa shape index (κ1) is 26.8. The van der Waals surface area contributed by atoms with Crippen LogP contribution in [0.15, 0.2) is 53.4 Å². The van der Waals surface area contributed by atoms with Crippen molar-refractivity contribution in [1.29, 1.82) is 0 Å². The number of methoxy groups -OCH3 is 1. The van der Waals surface area contributed by atoms with Gasteiger partial charge in [0.2, 0.25) is 26.0 Å². The number of amides is 1. The van der Waals surface area contributed by atoms with Gasteiger partial charge >= 0.3 is 0 Å². The van der Waals surface area contributed by atoms with Gasteiger partial charge < -0.3 is 14.8 Å². The quantitative estimate of drug-likeness (QED) is 0.444. The van der Waals surface area contributed by atoms with E-state index in [2.05, 4.69) is 5.32 Å². The number of sulfonamides is 2. The van der Waals surface area contributed by atoms with Crippen LogP contribution in [-0.4, -0.2) is 72.7 Å². The molecular weight excluding hydrogens is 494 g/mol. The van der Waals surface area contributed by atoms with Gasteiger partial charge in [-0.3, -0.25) is 9.10 Å². The zero-order valence-electron chi connectivity index (χ0n) is 20.0. The van der Waals surface area contributed by atoms with Crippen molar-refractivity contribution in [2.75, 3.05) is 43.9 Å². The average molecular weight is 526 g/mol. The summed E-state index contributed by atoms with van der Waals surface area (Å²) in [6, 6.07) is 11.6. The normalized spacial score (nSPS) is 15.4. The number of ether oxygens (including phenoxy) is 2. The number of rotatable bonds is 11. The predicted octanol–water partition coefficient (Wildman–Crippen LogP) is 1.83. The van der Waals surface area contributed by atoms with E-state index in [0.29, 0.717) is 30.3 Å². The van der Waals surface area contributed by atoms with Crippen molar-refractivity contribution >= 4 is 31.6 Å². The Morgan fingerprint density at radius 3 is 2.31 bits per heavy atom. The third-order valence-electron chi connectivity index (χ3n) is 5.59. The van der Waals surface area contributed by atoms with Gasteiger partial charge in [-0.1, -0.05) is 6.07 Å². The van der Waals surface area contributed by atoms with Crippen LogP contribution in [-0.2, 0) is 24.8 Å². The molecule has 0 aliphatic carbocycles. The van der Waals surface area contributed by atoms with Gasteiger partial charge in [0, 0.05) is 19.2 Å². The SMILES string of the molecule is COc1cccc(N(C(C)C(=O)NCCOc2ccc(S(=O)(=O)N3CCCC3)cc2)S(C)(=O)=O)c1. The standard InChI is InChI=1S/C23H31N3O7S2/c1-18(26(34(3,28)29)19-7-6-8-21(17-19)32-2)23(27)24-13-16-33-20-9-11-22(12-10-20)35(30,31)25-14-4-5-15-25/h6-12,17-18H,4-5,13-16H2,1-3H3,(H,24,27). The highest BCUT2D eigenvalue weighted by atomic mass is 32.2. The maximum atomic E-state index is 12.7. The zero-order chi connectivity index (χ0) is 25.6. The Morgan fingerprint density at radius 2 is 1.71 bits per heavy atom. The molecule has 2 aromatic carbocycles. The third kappa shape index (κ3) is 6.65. The Labute approximate surface area is 206 Å². The fourth-order valence-corrected chi connectivity index (χ4v) is 6.52. The summed E-state index contributed by atoms with van der Waals surface area (Å²) in [7, 11) is -5.77. The second-order valence-corrected chi connectivity index (χ2v) is 12.0. The first-order chi connectivity index (χ1) is 16.5. The predicted molar refractivity (Wildman–Crippen MR) is 133 cm³/mol. The van der Waals surface area contributed by atoms with E-state index in [9.17, 15) is 21.6 Å². The second kappa shape index (κ2) is 11.3. The van der Waals surface area contributed by atoms with E-state index in [0.717, 1.165) is 23.4 Å². The van der Waals surface area contributed by atoms with Crippen LogP contribution in [0.3, 0.4) is 0 Å². The first-order valence-corrected chi connectivity index (χ1v) is 14.5. The van der Waals surface area contributed by atoms with E-state index in [4.69, 9.17) is 9.47 Å². The van der Waals surface area contributed by atoms with E-state index in [-0.39, 0.29) is 18.0 Å². The molecule has 0 spiro atoms. The summed E-state index contributed by atoms with van der Waals surface area (Å²) in [5.41, 5.74) is 0.315. The highest BCUT2D eigenvalue weighted by Gasteiger charge is 2.29. The van der Waals surface area contributed by atoms with Crippen molar-refractivity contribution in [3.05, 3.63) is 48.5 Å². The molecule has 2 aromatic rings. The molecule has 0 aromatic heterocycles. The minimum absolute atomic E-state index is 0.120. The number of hydrogen-bond acceptors (Lipinski definition) is 7. The summed E-state index contributed by atoms with van der Waals surface area (Å²) in [5.74, 6) is 0.437. The Hall–Kier alpha value is -2.83. The van der Waals surface area contributed by atoms with E-state index >= 15 is 0 Å². The van der Waals surface area contributed by atoms with Crippen LogP contribution in [0.4, 0.5) is 5.69 Å². The molecule has 192 valence electrons. The van der Waals surface area contributed by atoms with Crippen molar-refractivity contribution in [2.24, 2.45) is 0 Å².